The molecule has 0 spiro atoms. The molecule has 1 heterocycles. The van der Waals surface area contributed by atoms with Crippen LogP contribution in [0.5, 0.6) is 0 Å². The molecule has 1 aromatic rings. The SMILES string of the molecule is CCCn1cc(S(N)(=O)=O)cc1C(=O)OC(C)COCC. The van der Waals surface area contributed by atoms with Crippen LogP contribution >= 0.6 is 0 Å². The smallest absolute Gasteiger partial charge is 0.355 e. The second-order valence-electron chi connectivity index (χ2n) is 4.67. The minimum Gasteiger partial charge on any atom is -0.456 e. The van der Waals surface area contributed by atoms with Crippen molar-refractivity contribution in [2.24, 2.45) is 5.14 Å². The van der Waals surface area contributed by atoms with Crippen LogP contribution in [-0.4, -0.2) is 38.3 Å². The largest absolute Gasteiger partial charge is 0.456 e. The maximum Gasteiger partial charge on any atom is 0.355 e. The van der Waals surface area contributed by atoms with Gasteiger partial charge in [0.05, 0.1) is 6.61 Å². The Morgan fingerprint density at radius 1 is 1.43 bits per heavy atom. The Balaban J connectivity index is 2.94. The van der Waals surface area contributed by atoms with Crippen molar-refractivity contribution < 1.29 is 22.7 Å². The summed E-state index contributed by atoms with van der Waals surface area (Å²) in [5.74, 6) is -0.592. The van der Waals surface area contributed by atoms with Crippen molar-refractivity contribution in [3.63, 3.8) is 0 Å². The van der Waals surface area contributed by atoms with Gasteiger partial charge in [0.2, 0.25) is 10.0 Å². The summed E-state index contributed by atoms with van der Waals surface area (Å²) in [6, 6.07) is 1.24. The molecular weight excluding hydrogens is 296 g/mol. The van der Waals surface area contributed by atoms with Gasteiger partial charge < -0.3 is 14.0 Å². The van der Waals surface area contributed by atoms with Crippen molar-refractivity contribution in [1.29, 1.82) is 0 Å². The minimum absolute atomic E-state index is 0.0969. The first-order valence-corrected chi connectivity index (χ1v) is 8.35. The van der Waals surface area contributed by atoms with Crippen LogP contribution in [0.1, 0.15) is 37.7 Å². The second-order valence-corrected chi connectivity index (χ2v) is 6.24. The van der Waals surface area contributed by atoms with Crippen LogP contribution < -0.4 is 5.14 Å². The molecule has 1 rings (SSSR count). The Morgan fingerprint density at radius 3 is 2.62 bits per heavy atom. The predicted molar refractivity (Wildman–Crippen MR) is 77.5 cm³/mol. The van der Waals surface area contributed by atoms with E-state index in [-0.39, 0.29) is 10.6 Å². The monoisotopic (exact) mass is 318 g/mol. The van der Waals surface area contributed by atoms with Crippen LogP contribution in [0.25, 0.3) is 0 Å². The lowest BCUT2D eigenvalue weighted by atomic mass is 10.4. The molecule has 0 aromatic carbocycles. The number of aromatic nitrogens is 1. The number of esters is 1. The highest BCUT2D eigenvalue weighted by Crippen LogP contribution is 2.15. The zero-order valence-corrected chi connectivity index (χ0v) is 13.4. The molecule has 0 aliphatic heterocycles. The fraction of sp³-hybridized carbons (Fsp3) is 0.615. The Morgan fingerprint density at radius 2 is 2.10 bits per heavy atom. The van der Waals surface area contributed by atoms with E-state index in [2.05, 4.69) is 0 Å². The van der Waals surface area contributed by atoms with Gasteiger partial charge in [-0.2, -0.15) is 0 Å². The highest BCUT2D eigenvalue weighted by Gasteiger charge is 2.21. The molecule has 0 saturated heterocycles. The van der Waals surface area contributed by atoms with Gasteiger partial charge in [0.15, 0.2) is 0 Å². The molecule has 2 N–H and O–H groups in total. The lowest BCUT2D eigenvalue weighted by Gasteiger charge is -2.14. The van der Waals surface area contributed by atoms with Crippen LogP contribution in [0, 0.1) is 0 Å². The van der Waals surface area contributed by atoms with Crippen molar-refractivity contribution in [1.82, 2.24) is 4.57 Å². The van der Waals surface area contributed by atoms with Crippen molar-refractivity contribution in [3.05, 3.63) is 18.0 Å². The van der Waals surface area contributed by atoms with Gasteiger partial charge in [-0.1, -0.05) is 6.92 Å². The molecule has 0 aliphatic carbocycles. The Hall–Kier alpha value is -1.38. The van der Waals surface area contributed by atoms with Gasteiger partial charge in [-0.3, -0.25) is 0 Å². The standard InChI is InChI=1S/C13H22N2O5S/c1-4-6-15-8-11(21(14,17)18)7-12(15)13(16)20-10(3)9-19-5-2/h7-8,10H,4-6,9H2,1-3H3,(H2,14,17,18). The molecule has 1 aromatic heterocycles. The Labute approximate surface area is 125 Å². The van der Waals surface area contributed by atoms with Gasteiger partial charge in [-0.15, -0.1) is 0 Å². The number of hydrogen-bond acceptors (Lipinski definition) is 5. The third kappa shape index (κ3) is 5.14. The van der Waals surface area contributed by atoms with E-state index < -0.39 is 22.1 Å². The van der Waals surface area contributed by atoms with E-state index in [1.54, 1.807) is 6.92 Å². The van der Waals surface area contributed by atoms with Crippen LogP contribution in [0.3, 0.4) is 0 Å². The number of rotatable bonds is 8. The van der Waals surface area contributed by atoms with Crippen molar-refractivity contribution in [3.8, 4) is 0 Å². The lowest BCUT2D eigenvalue weighted by molar-refractivity contribution is 0.00346. The molecule has 1 unspecified atom stereocenters. The number of nitrogens with zero attached hydrogens (tertiary/aromatic N) is 1. The van der Waals surface area contributed by atoms with E-state index in [9.17, 15) is 13.2 Å². The number of ether oxygens (including phenoxy) is 2. The molecule has 0 radical (unpaired) electrons. The van der Waals surface area contributed by atoms with Crippen molar-refractivity contribution >= 4 is 16.0 Å². The normalized spacial score (nSPS) is 13.1. The fourth-order valence-electron chi connectivity index (χ4n) is 1.80. The number of sulfonamides is 1. The van der Waals surface area contributed by atoms with Gasteiger partial charge in [-0.25, -0.2) is 18.4 Å². The number of primary sulfonamides is 1. The van der Waals surface area contributed by atoms with Gasteiger partial charge in [0.25, 0.3) is 0 Å². The van der Waals surface area contributed by atoms with E-state index in [1.807, 2.05) is 13.8 Å². The first-order valence-electron chi connectivity index (χ1n) is 6.81. The van der Waals surface area contributed by atoms with Crippen molar-refractivity contribution in [2.45, 2.75) is 44.7 Å². The van der Waals surface area contributed by atoms with Gasteiger partial charge in [-0.05, 0) is 26.3 Å². The molecule has 21 heavy (non-hydrogen) atoms. The number of nitrogens with two attached hydrogens (primary N) is 1. The third-order valence-electron chi connectivity index (χ3n) is 2.74. The van der Waals surface area contributed by atoms with Crippen LogP contribution in [0.2, 0.25) is 0 Å². The topological polar surface area (TPSA) is 101 Å². The average Bonchev–Trinajstić information content (AvgIpc) is 2.81. The summed E-state index contributed by atoms with van der Waals surface area (Å²) < 4.78 is 34.7. The third-order valence-corrected chi connectivity index (χ3v) is 3.62. The van der Waals surface area contributed by atoms with Crippen LogP contribution in [-0.2, 0) is 26.0 Å². The highest BCUT2D eigenvalue weighted by atomic mass is 32.2. The molecule has 0 saturated carbocycles. The van der Waals surface area contributed by atoms with E-state index in [0.717, 1.165) is 6.42 Å². The fourth-order valence-corrected chi connectivity index (χ4v) is 2.35. The van der Waals surface area contributed by atoms with Crippen LogP contribution in [0.4, 0.5) is 0 Å². The first-order chi connectivity index (χ1) is 9.79. The molecule has 0 amide bonds. The molecule has 7 nitrogen and oxygen atoms in total. The van der Waals surface area contributed by atoms with E-state index >= 15 is 0 Å². The van der Waals surface area contributed by atoms with E-state index in [1.165, 1.54) is 16.8 Å². The minimum atomic E-state index is -3.85. The van der Waals surface area contributed by atoms with E-state index in [0.29, 0.717) is 19.8 Å². The summed E-state index contributed by atoms with van der Waals surface area (Å²) in [4.78, 5) is 12.0. The highest BCUT2D eigenvalue weighted by molar-refractivity contribution is 7.89. The zero-order valence-electron chi connectivity index (χ0n) is 12.5. The Kier molecular flexibility index (Phi) is 6.38. The summed E-state index contributed by atoms with van der Waals surface area (Å²) in [6.45, 7) is 6.80. The number of carbonyl (C=O) groups excluding carboxylic acids is 1. The number of hydrogen-bond donors (Lipinski definition) is 1. The summed E-state index contributed by atoms with van der Waals surface area (Å²) in [6.07, 6.45) is 1.68. The molecule has 0 aliphatic rings. The number of aryl methyl sites for hydroxylation is 1. The average molecular weight is 318 g/mol. The Bertz CT molecular complexity index is 579. The maximum atomic E-state index is 12.1. The first kappa shape index (κ1) is 17.7. The van der Waals surface area contributed by atoms with Gasteiger partial charge in [0, 0.05) is 19.3 Å². The number of carbonyl (C=O) groups is 1. The molecule has 8 heteroatoms. The van der Waals surface area contributed by atoms with Crippen LogP contribution in [0.15, 0.2) is 17.2 Å². The molecule has 120 valence electrons. The zero-order chi connectivity index (χ0) is 16.0. The van der Waals surface area contributed by atoms with Gasteiger partial charge >= 0.3 is 5.97 Å². The predicted octanol–water partition coefficient (Wildman–Crippen LogP) is 1.13. The summed E-state index contributed by atoms with van der Waals surface area (Å²) in [5, 5.41) is 5.09. The molecular formula is C13H22N2O5S. The maximum absolute atomic E-state index is 12.1. The lowest BCUT2D eigenvalue weighted by Crippen LogP contribution is -2.22. The molecule has 0 fully saturated rings. The summed E-state index contributed by atoms with van der Waals surface area (Å²) in [7, 11) is -3.85. The van der Waals surface area contributed by atoms with Crippen molar-refractivity contribution in [2.75, 3.05) is 13.2 Å². The van der Waals surface area contributed by atoms with E-state index in [4.69, 9.17) is 14.6 Å². The second kappa shape index (κ2) is 7.58. The quantitative estimate of drug-likeness (QED) is 0.724. The summed E-state index contributed by atoms with van der Waals surface area (Å²) >= 11 is 0. The molecule has 0 bridgehead atoms. The summed E-state index contributed by atoms with van der Waals surface area (Å²) in [5.41, 5.74) is 0.171. The molecule has 1 atom stereocenters. The van der Waals surface area contributed by atoms with Gasteiger partial charge in [0.1, 0.15) is 16.7 Å².